The smallest absolute Gasteiger partial charge is 0.348 e. The van der Waals surface area contributed by atoms with Crippen LogP contribution in [-0.4, -0.2) is 33.2 Å². The van der Waals surface area contributed by atoms with Crippen LogP contribution in [0, 0.1) is 17.0 Å². The van der Waals surface area contributed by atoms with E-state index >= 15 is 0 Å². The minimum Gasteiger partial charge on any atom is -0.451 e. The SMILES string of the molecule is Cc1nn(-c2ccc(Cl)cc2)c2sc(C(=O)OCC(=O)Nc3ccc([N+](=O)[O-])cc3)cc12. The van der Waals surface area contributed by atoms with Crippen molar-refractivity contribution in [1.82, 2.24) is 9.78 Å². The number of rotatable bonds is 6. The Hall–Kier alpha value is -3.76. The first-order chi connectivity index (χ1) is 15.3. The molecular formula is C21H15ClN4O5S. The molecule has 0 radical (unpaired) electrons. The van der Waals surface area contributed by atoms with E-state index in [1.165, 1.54) is 35.6 Å². The van der Waals surface area contributed by atoms with Crippen LogP contribution < -0.4 is 5.32 Å². The van der Waals surface area contributed by atoms with E-state index in [1.807, 2.05) is 19.1 Å². The number of hydrogen-bond acceptors (Lipinski definition) is 7. The number of anilines is 1. The average molecular weight is 471 g/mol. The van der Waals surface area contributed by atoms with E-state index in [1.54, 1.807) is 22.9 Å². The lowest BCUT2D eigenvalue weighted by atomic mass is 10.3. The van der Waals surface area contributed by atoms with Gasteiger partial charge >= 0.3 is 5.97 Å². The Labute approximate surface area is 190 Å². The summed E-state index contributed by atoms with van der Waals surface area (Å²) in [5, 5.41) is 19.1. The molecule has 0 bridgehead atoms. The average Bonchev–Trinajstić information content (AvgIpc) is 3.34. The standard InChI is InChI=1S/C21H15ClN4O5S/c1-12-17-10-18(32-20(17)25(24-12)15-6-2-13(22)3-7-15)21(28)31-11-19(27)23-14-4-8-16(9-5-14)26(29)30/h2-10H,11H2,1H3,(H,23,27). The Balaban J connectivity index is 1.43. The van der Waals surface area contributed by atoms with Crippen molar-refractivity contribution in [2.24, 2.45) is 0 Å². The number of nitro groups is 1. The van der Waals surface area contributed by atoms with Crippen LogP contribution in [0.1, 0.15) is 15.4 Å². The number of carbonyl (C=O) groups is 2. The Morgan fingerprint density at radius 1 is 1.19 bits per heavy atom. The zero-order chi connectivity index (χ0) is 22.8. The molecule has 0 atom stereocenters. The summed E-state index contributed by atoms with van der Waals surface area (Å²) in [5.74, 6) is -1.19. The fourth-order valence-electron chi connectivity index (χ4n) is 2.97. The first-order valence-corrected chi connectivity index (χ1v) is 10.5. The summed E-state index contributed by atoms with van der Waals surface area (Å²) in [6.45, 7) is 1.35. The van der Waals surface area contributed by atoms with Gasteiger partial charge in [-0.1, -0.05) is 11.6 Å². The number of aromatic nitrogens is 2. The number of fused-ring (bicyclic) bond motifs is 1. The highest BCUT2D eigenvalue weighted by atomic mass is 35.5. The molecule has 0 saturated carbocycles. The second-order valence-corrected chi connectivity index (χ2v) is 8.20. The molecule has 162 valence electrons. The van der Waals surface area contributed by atoms with Crippen molar-refractivity contribution in [3.05, 3.63) is 80.3 Å². The number of carbonyl (C=O) groups excluding carboxylic acids is 2. The number of aryl methyl sites for hydroxylation is 1. The van der Waals surface area contributed by atoms with Gasteiger partial charge in [-0.05, 0) is 49.4 Å². The van der Waals surface area contributed by atoms with Crippen LogP contribution in [-0.2, 0) is 9.53 Å². The molecule has 4 aromatic rings. The van der Waals surface area contributed by atoms with Crippen LogP contribution in [0.2, 0.25) is 5.02 Å². The first kappa shape index (κ1) is 21.5. The van der Waals surface area contributed by atoms with E-state index in [0.717, 1.165) is 21.6 Å². The number of esters is 1. The number of nitro benzene ring substituents is 1. The number of halogens is 1. The fourth-order valence-corrected chi connectivity index (χ4v) is 4.17. The highest BCUT2D eigenvalue weighted by Crippen LogP contribution is 2.31. The molecule has 0 spiro atoms. The van der Waals surface area contributed by atoms with Crippen molar-refractivity contribution in [3.8, 4) is 5.69 Å². The molecule has 0 aliphatic heterocycles. The Bertz CT molecular complexity index is 1330. The van der Waals surface area contributed by atoms with E-state index in [0.29, 0.717) is 15.6 Å². The molecule has 0 aliphatic rings. The molecule has 1 N–H and O–H groups in total. The van der Waals surface area contributed by atoms with Gasteiger partial charge in [0.05, 0.1) is 16.3 Å². The number of thiophene rings is 1. The number of nitrogens with zero attached hydrogens (tertiary/aromatic N) is 3. The molecule has 0 unspecified atom stereocenters. The summed E-state index contributed by atoms with van der Waals surface area (Å²) >= 11 is 7.16. The fraction of sp³-hybridized carbons (Fsp3) is 0.0952. The third-order valence-corrected chi connectivity index (χ3v) is 5.86. The van der Waals surface area contributed by atoms with Gasteiger partial charge in [-0.3, -0.25) is 14.9 Å². The quantitative estimate of drug-likeness (QED) is 0.247. The number of nitrogens with one attached hydrogen (secondary N) is 1. The second-order valence-electron chi connectivity index (χ2n) is 6.73. The predicted octanol–water partition coefficient (Wildman–Crippen LogP) is 4.75. The largest absolute Gasteiger partial charge is 0.451 e. The van der Waals surface area contributed by atoms with Crippen molar-refractivity contribution in [1.29, 1.82) is 0 Å². The first-order valence-electron chi connectivity index (χ1n) is 9.28. The van der Waals surface area contributed by atoms with E-state index in [2.05, 4.69) is 10.4 Å². The molecular weight excluding hydrogens is 456 g/mol. The van der Waals surface area contributed by atoms with Crippen molar-refractivity contribution in [3.63, 3.8) is 0 Å². The maximum atomic E-state index is 12.5. The lowest BCUT2D eigenvalue weighted by Gasteiger charge is -2.06. The van der Waals surface area contributed by atoms with Crippen molar-refractivity contribution in [2.45, 2.75) is 6.92 Å². The Kier molecular flexibility index (Phi) is 5.89. The topological polar surface area (TPSA) is 116 Å². The predicted molar refractivity (Wildman–Crippen MR) is 121 cm³/mol. The number of benzene rings is 2. The Morgan fingerprint density at radius 2 is 1.88 bits per heavy atom. The normalized spacial score (nSPS) is 10.8. The second kappa shape index (κ2) is 8.77. The summed E-state index contributed by atoms with van der Waals surface area (Å²) in [6.07, 6.45) is 0. The van der Waals surface area contributed by atoms with Crippen LogP contribution >= 0.6 is 22.9 Å². The van der Waals surface area contributed by atoms with E-state index < -0.39 is 23.4 Å². The van der Waals surface area contributed by atoms with E-state index in [4.69, 9.17) is 16.3 Å². The van der Waals surface area contributed by atoms with Gasteiger partial charge in [-0.2, -0.15) is 5.10 Å². The molecule has 0 fully saturated rings. The van der Waals surface area contributed by atoms with Crippen molar-refractivity contribution < 1.29 is 19.2 Å². The van der Waals surface area contributed by atoms with Crippen LogP contribution in [0.15, 0.2) is 54.6 Å². The van der Waals surface area contributed by atoms with Gasteiger partial charge in [0.25, 0.3) is 11.6 Å². The maximum absolute atomic E-state index is 12.5. The third kappa shape index (κ3) is 4.46. The Morgan fingerprint density at radius 3 is 2.53 bits per heavy atom. The van der Waals surface area contributed by atoms with Crippen LogP contribution in [0.3, 0.4) is 0 Å². The van der Waals surface area contributed by atoms with Crippen LogP contribution in [0.4, 0.5) is 11.4 Å². The molecule has 4 rings (SSSR count). The van der Waals surface area contributed by atoms with Gasteiger partial charge in [0, 0.05) is 28.2 Å². The summed E-state index contributed by atoms with van der Waals surface area (Å²) in [4.78, 5) is 35.8. The van der Waals surface area contributed by atoms with Gasteiger partial charge in [-0.15, -0.1) is 11.3 Å². The lowest BCUT2D eigenvalue weighted by Crippen LogP contribution is -2.20. The molecule has 32 heavy (non-hydrogen) atoms. The molecule has 2 heterocycles. The van der Waals surface area contributed by atoms with Gasteiger partial charge in [0.1, 0.15) is 9.71 Å². The molecule has 0 aliphatic carbocycles. The monoisotopic (exact) mass is 470 g/mol. The summed E-state index contributed by atoms with van der Waals surface area (Å²) in [7, 11) is 0. The molecule has 0 saturated heterocycles. The highest BCUT2D eigenvalue weighted by Gasteiger charge is 2.19. The molecule has 11 heteroatoms. The summed E-state index contributed by atoms with van der Waals surface area (Å²) in [5.41, 5.74) is 1.82. The third-order valence-electron chi connectivity index (χ3n) is 4.51. The van der Waals surface area contributed by atoms with Gasteiger partial charge in [0.15, 0.2) is 6.61 Å². The van der Waals surface area contributed by atoms with E-state index in [9.17, 15) is 19.7 Å². The molecule has 2 aromatic heterocycles. The van der Waals surface area contributed by atoms with Crippen LogP contribution in [0.5, 0.6) is 0 Å². The molecule has 9 nitrogen and oxygen atoms in total. The number of non-ortho nitro benzene ring substituents is 1. The zero-order valence-corrected chi connectivity index (χ0v) is 18.1. The summed E-state index contributed by atoms with van der Waals surface area (Å²) < 4.78 is 6.85. The number of ether oxygens (including phenoxy) is 1. The highest BCUT2D eigenvalue weighted by molar-refractivity contribution is 7.20. The van der Waals surface area contributed by atoms with Gasteiger partial charge in [-0.25, -0.2) is 9.48 Å². The minimum absolute atomic E-state index is 0.0911. The number of amides is 1. The molecule has 1 amide bonds. The maximum Gasteiger partial charge on any atom is 0.348 e. The lowest BCUT2D eigenvalue weighted by molar-refractivity contribution is -0.384. The van der Waals surface area contributed by atoms with Crippen LogP contribution in [0.25, 0.3) is 15.9 Å². The van der Waals surface area contributed by atoms with Crippen molar-refractivity contribution in [2.75, 3.05) is 11.9 Å². The summed E-state index contributed by atoms with van der Waals surface area (Å²) in [6, 6.07) is 14.2. The van der Waals surface area contributed by atoms with E-state index in [-0.39, 0.29) is 5.69 Å². The number of hydrogen-bond donors (Lipinski definition) is 1. The van der Waals surface area contributed by atoms with Gasteiger partial charge in [0.2, 0.25) is 0 Å². The van der Waals surface area contributed by atoms with Crippen molar-refractivity contribution >= 4 is 56.4 Å². The molecule has 2 aromatic carbocycles. The van der Waals surface area contributed by atoms with Gasteiger partial charge < -0.3 is 10.1 Å². The zero-order valence-electron chi connectivity index (χ0n) is 16.6. The minimum atomic E-state index is -0.632.